The van der Waals surface area contributed by atoms with E-state index in [0.717, 1.165) is 35.3 Å². The minimum Gasteiger partial charge on any atom is -0.493 e. The molecule has 0 aliphatic carbocycles. The second-order valence-electron chi connectivity index (χ2n) is 18.7. The zero-order valence-corrected chi connectivity index (χ0v) is 41.6. The molecule has 3 heterocycles. The first-order valence-electron chi connectivity index (χ1n) is 24.3. The molecule has 378 valence electrons. The zero-order valence-electron chi connectivity index (χ0n) is 41.6. The van der Waals surface area contributed by atoms with E-state index in [0.29, 0.717) is 83.7 Å². The summed E-state index contributed by atoms with van der Waals surface area (Å²) in [5.41, 5.74) is 18.5. The number of hydrogen-bond donors (Lipinski definition) is 4. The number of ether oxygens (including phenoxy) is 5. The minimum absolute atomic E-state index is 0.0141. The van der Waals surface area contributed by atoms with Crippen LogP contribution < -0.4 is 55.7 Å². The monoisotopic (exact) mass is 981 g/mol. The van der Waals surface area contributed by atoms with Crippen LogP contribution in [0.2, 0.25) is 0 Å². The van der Waals surface area contributed by atoms with Crippen molar-refractivity contribution in [3.8, 4) is 23.0 Å². The van der Waals surface area contributed by atoms with Crippen molar-refractivity contribution >= 4 is 58.2 Å². The molecule has 0 saturated carbocycles. The molecule has 6 N–H and O–H groups in total. The second-order valence-corrected chi connectivity index (χ2v) is 18.7. The number of amides is 5. The molecule has 0 saturated heterocycles. The highest BCUT2D eigenvalue weighted by Gasteiger charge is 2.42. The maximum Gasteiger partial charge on any atom is 0.414 e. The normalized spacial score (nSPS) is 16.4. The number of nitrogens with zero attached hydrogens (tertiary/aromatic N) is 3. The topological polar surface area (TPSA) is 217 Å². The van der Waals surface area contributed by atoms with Crippen molar-refractivity contribution < 1.29 is 47.7 Å². The lowest BCUT2D eigenvalue weighted by atomic mass is 10.0. The zero-order chi connectivity index (χ0) is 51.2. The predicted molar refractivity (Wildman–Crippen MR) is 275 cm³/mol. The third kappa shape index (κ3) is 10.8. The first kappa shape index (κ1) is 50.6. The molecule has 5 aromatic carbocycles. The lowest BCUT2D eigenvalue weighted by Gasteiger charge is -2.26. The van der Waals surface area contributed by atoms with E-state index in [1.54, 1.807) is 65.3 Å². The van der Waals surface area contributed by atoms with Gasteiger partial charge in [-0.2, -0.15) is 0 Å². The molecular weight excluding hydrogens is 919 g/mol. The van der Waals surface area contributed by atoms with Crippen LogP contribution in [0.3, 0.4) is 0 Å². The van der Waals surface area contributed by atoms with Crippen molar-refractivity contribution in [2.75, 3.05) is 59.7 Å². The number of rotatable bonds is 18. The largest absolute Gasteiger partial charge is 0.493 e. The number of fused-ring (bicyclic) bond motifs is 5. The number of carbonyl (C=O) groups is 5. The summed E-state index contributed by atoms with van der Waals surface area (Å²) in [5, 5.41) is 5.43. The number of para-hydroxylation sites is 2. The van der Waals surface area contributed by atoms with Gasteiger partial charge in [-0.1, -0.05) is 62.4 Å². The summed E-state index contributed by atoms with van der Waals surface area (Å²) in [7, 11) is 3.03. The number of hydrogen-bond acceptors (Lipinski definition) is 12. The Hall–Kier alpha value is -7.79. The summed E-state index contributed by atoms with van der Waals surface area (Å²) >= 11 is 0. The van der Waals surface area contributed by atoms with Gasteiger partial charge < -0.3 is 55.6 Å². The van der Waals surface area contributed by atoms with Crippen LogP contribution in [0.25, 0.3) is 0 Å². The quantitative estimate of drug-likeness (QED) is 0.0492. The molecule has 0 fully saturated rings. The first-order valence-corrected chi connectivity index (χ1v) is 24.3. The Morgan fingerprint density at radius 3 is 2.03 bits per heavy atom. The molecule has 4 atom stereocenters. The molecule has 0 bridgehead atoms. The number of nitrogens with two attached hydrogens (primary N) is 2. The van der Waals surface area contributed by atoms with Crippen molar-refractivity contribution in [1.29, 1.82) is 0 Å². The van der Waals surface area contributed by atoms with Gasteiger partial charge in [0.2, 0.25) is 11.8 Å². The fraction of sp³-hybridized carbons (Fsp3) is 0.364. The number of nitrogens with one attached hydrogen (secondary N) is 2. The summed E-state index contributed by atoms with van der Waals surface area (Å²) in [6.45, 7) is 7.98. The van der Waals surface area contributed by atoms with Crippen molar-refractivity contribution in [2.24, 2.45) is 11.7 Å². The Morgan fingerprint density at radius 2 is 1.36 bits per heavy atom. The lowest BCUT2D eigenvalue weighted by Crippen LogP contribution is -2.50. The van der Waals surface area contributed by atoms with E-state index in [1.807, 2.05) is 69.3 Å². The van der Waals surface area contributed by atoms with Gasteiger partial charge in [-0.3, -0.25) is 24.1 Å². The number of unbranched alkanes of at least 4 members (excludes halogenated alkanes) is 2. The van der Waals surface area contributed by atoms with Gasteiger partial charge in [-0.05, 0) is 105 Å². The smallest absolute Gasteiger partial charge is 0.414 e. The summed E-state index contributed by atoms with van der Waals surface area (Å²) < 4.78 is 29.7. The fourth-order valence-electron chi connectivity index (χ4n) is 9.33. The first-order chi connectivity index (χ1) is 34.7. The van der Waals surface area contributed by atoms with Crippen molar-refractivity contribution in [3.63, 3.8) is 0 Å². The van der Waals surface area contributed by atoms with Crippen molar-refractivity contribution in [1.82, 2.24) is 5.32 Å². The maximum absolute atomic E-state index is 14.5. The molecule has 8 rings (SSSR count). The summed E-state index contributed by atoms with van der Waals surface area (Å²) in [6, 6.07) is 27.0. The number of anilines is 5. The van der Waals surface area contributed by atoms with Gasteiger partial charge in [0.15, 0.2) is 23.0 Å². The second kappa shape index (κ2) is 22.1. The van der Waals surface area contributed by atoms with Gasteiger partial charge in [0.1, 0.15) is 12.6 Å². The van der Waals surface area contributed by atoms with Crippen LogP contribution in [0.5, 0.6) is 23.0 Å². The third-order valence-corrected chi connectivity index (χ3v) is 13.4. The summed E-state index contributed by atoms with van der Waals surface area (Å²) in [4.78, 5) is 72.7. The Balaban J connectivity index is 0.897. The molecule has 0 radical (unpaired) electrons. The van der Waals surface area contributed by atoms with Gasteiger partial charge in [0, 0.05) is 40.9 Å². The highest BCUT2D eigenvalue weighted by Crippen LogP contribution is 2.43. The van der Waals surface area contributed by atoms with Crippen LogP contribution in [0.1, 0.15) is 84.4 Å². The average molecular weight is 982 g/mol. The van der Waals surface area contributed by atoms with Crippen molar-refractivity contribution in [3.05, 3.63) is 125 Å². The van der Waals surface area contributed by atoms with Gasteiger partial charge in [0.05, 0.1) is 62.9 Å². The lowest BCUT2D eigenvalue weighted by molar-refractivity contribution is -0.127. The molecule has 17 nitrogen and oxygen atoms in total. The van der Waals surface area contributed by atoms with Crippen LogP contribution in [-0.2, 0) is 33.8 Å². The molecular formula is C55H63N7O10. The van der Waals surface area contributed by atoms with E-state index in [9.17, 15) is 24.0 Å². The highest BCUT2D eigenvalue weighted by molar-refractivity contribution is 6.14. The van der Waals surface area contributed by atoms with Gasteiger partial charge in [0.25, 0.3) is 11.8 Å². The highest BCUT2D eigenvalue weighted by atomic mass is 16.6. The number of methoxy groups -OCH3 is 2. The van der Waals surface area contributed by atoms with Crippen LogP contribution >= 0.6 is 0 Å². The molecule has 5 aromatic rings. The van der Waals surface area contributed by atoms with Gasteiger partial charge >= 0.3 is 6.09 Å². The van der Waals surface area contributed by atoms with E-state index < -0.39 is 30.0 Å². The summed E-state index contributed by atoms with van der Waals surface area (Å²) in [5.74, 6) is 0.161. The van der Waals surface area contributed by atoms with Gasteiger partial charge in [-0.15, -0.1) is 0 Å². The fourth-order valence-corrected chi connectivity index (χ4v) is 9.33. The maximum atomic E-state index is 14.5. The average Bonchev–Trinajstić information content (AvgIpc) is 3.89. The molecule has 0 unspecified atom stereocenters. The van der Waals surface area contributed by atoms with E-state index in [4.69, 9.17) is 35.2 Å². The predicted octanol–water partition coefficient (Wildman–Crippen LogP) is 7.66. The molecule has 0 aromatic heterocycles. The summed E-state index contributed by atoms with van der Waals surface area (Å²) in [6.07, 6.45) is 2.71. The van der Waals surface area contributed by atoms with Gasteiger partial charge in [-0.25, -0.2) is 4.79 Å². The number of benzene rings is 5. The number of nitrogen functional groups attached to an aromatic ring is 1. The Bertz CT molecular complexity index is 2840. The van der Waals surface area contributed by atoms with Crippen molar-refractivity contribution in [2.45, 2.75) is 90.6 Å². The molecule has 3 aliphatic rings. The standard InChI is InChI=1S/C55H63N7O10/c1-32(2)50(57)52(64)58-34(4)51(63)59-38-20-18-35(19-21-38)31-72-55(67)60-30-39-25-37-15-9-11-17-44(37)62(39)54(66)41-27-47(69-6)49(29-45(41)60)71-23-13-7-12-22-70-48-28-42(56)40(26-46(48)68-5)53(65)61-33(3)24-36-14-8-10-16-43(36)61/h8-11,14-21,26-29,32-34,39,50H,7,12-13,22-25,30-31,56-57H2,1-6H3,(H,58,64)(H,59,63)/t33-,34+,39+,50+/m1/s1. The van der Waals surface area contributed by atoms with Crippen LogP contribution in [-0.4, -0.2) is 87.9 Å². The van der Waals surface area contributed by atoms with E-state index in [1.165, 1.54) is 19.1 Å². The Labute approximate surface area is 419 Å². The Morgan fingerprint density at radius 1 is 0.736 bits per heavy atom. The molecule has 72 heavy (non-hydrogen) atoms. The number of carbonyl (C=O) groups excluding carboxylic acids is 5. The molecule has 3 aliphatic heterocycles. The minimum atomic E-state index is -0.821. The van der Waals surface area contributed by atoms with Crippen LogP contribution in [0.4, 0.5) is 33.2 Å². The molecule has 0 spiro atoms. The third-order valence-electron chi connectivity index (χ3n) is 13.4. The van der Waals surface area contributed by atoms with E-state index in [-0.39, 0.29) is 48.5 Å². The molecule has 5 amide bonds. The van der Waals surface area contributed by atoms with Crippen LogP contribution in [0.15, 0.2) is 97.1 Å². The molecule has 17 heteroatoms. The van der Waals surface area contributed by atoms with Crippen LogP contribution in [0, 0.1) is 5.92 Å². The van der Waals surface area contributed by atoms with E-state index >= 15 is 0 Å². The Kier molecular flexibility index (Phi) is 15.5. The SMILES string of the molecule is COc1cc(C(=O)N2c3ccccc3C[C@H]2C)c(N)cc1OCCCCCOc1cc2c(cc1OC)C(=O)N1c3ccccc3C[C@H]1CN2C(=O)OCc1ccc(NC(=O)[C@H](C)NC(=O)[C@@H](N)C(C)C)cc1. The van der Waals surface area contributed by atoms with E-state index in [2.05, 4.69) is 10.6 Å².